The summed E-state index contributed by atoms with van der Waals surface area (Å²) in [6.45, 7) is 5.79. The smallest absolute Gasteiger partial charge is 0.129 e. The van der Waals surface area contributed by atoms with Gasteiger partial charge in [0.2, 0.25) is 0 Å². The Bertz CT molecular complexity index is 251. The third kappa shape index (κ3) is 1.59. The van der Waals surface area contributed by atoms with Gasteiger partial charge in [0.1, 0.15) is 5.82 Å². The van der Waals surface area contributed by atoms with Crippen LogP contribution in [-0.4, -0.2) is 0 Å². The molecule has 0 aliphatic heterocycles. The maximum atomic E-state index is 13.3. The molecule has 0 aliphatic carbocycles. The van der Waals surface area contributed by atoms with Gasteiger partial charge in [-0.2, -0.15) is 0 Å². The SMILES string of the molecule is Cc1cccc(C(C)C)c1F. The van der Waals surface area contributed by atoms with E-state index in [1.807, 2.05) is 26.0 Å². The predicted molar refractivity (Wildman–Crippen MR) is 45.2 cm³/mol. The first-order valence-electron chi connectivity index (χ1n) is 3.88. The second kappa shape index (κ2) is 3.04. The van der Waals surface area contributed by atoms with Crippen molar-refractivity contribution in [3.8, 4) is 0 Å². The van der Waals surface area contributed by atoms with Crippen LogP contribution in [0.4, 0.5) is 4.39 Å². The van der Waals surface area contributed by atoms with Crippen LogP contribution in [0.2, 0.25) is 0 Å². The quantitative estimate of drug-likeness (QED) is 0.579. The lowest BCUT2D eigenvalue weighted by molar-refractivity contribution is 0.590. The highest BCUT2D eigenvalue weighted by Crippen LogP contribution is 2.19. The first-order chi connectivity index (χ1) is 5.13. The van der Waals surface area contributed by atoms with Crippen LogP contribution in [0, 0.1) is 12.7 Å². The van der Waals surface area contributed by atoms with Gasteiger partial charge in [-0.1, -0.05) is 32.0 Å². The number of hydrogen-bond acceptors (Lipinski definition) is 0. The zero-order valence-electron chi connectivity index (χ0n) is 7.19. The van der Waals surface area contributed by atoms with Gasteiger partial charge in [0.25, 0.3) is 0 Å². The average molecular weight is 152 g/mol. The zero-order valence-corrected chi connectivity index (χ0v) is 7.19. The minimum Gasteiger partial charge on any atom is -0.206 e. The highest BCUT2D eigenvalue weighted by Gasteiger charge is 2.06. The molecule has 0 N–H and O–H groups in total. The lowest BCUT2D eigenvalue weighted by Crippen LogP contribution is -1.94. The molecule has 0 amide bonds. The van der Waals surface area contributed by atoms with Gasteiger partial charge in [0.15, 0.2) is 0 Å². The van der Waals surface area contributed by atoms with Crippen LogP contribution in [-0.2, 0) is 0 Å². The molecule has 0 spiro atoms. The van der Waals surface area contributed by atoms with Crippen molar-refractivity contribution in [2.45, 2.75) is 26.7 Å². The molecule has 0 heterocycles. The van der Waals surface area contributed by atoms with Gasteiger partial charge < -0.3 is 0 Å². The number of benzene rings is 1. The number of hydrogen-bond donors (Lipinski definition) is 0. The first-order valence-corrected chi connectivity index (χ1v) is 3.88. The fourth-order valence-electron chi connectivity index (χ4n) is 1.12. The van der Waals surface area contributed by atoms with E-state index in [0.29, 0.717) is 0 Å². The van der Waals surface area contributed by atoms with Crippen molar-refractivity contribution in [2.24, 2.45) is 0 Å². The molecule has 0 unspecified atom stereocenters. The molecule has 60 valence electrons. The van der Waals surface area contributed by atoms with Crippen LogP contribution in [0.5, 0.6) is 0 Å². The van der Waals surface area contributed by atoms with E-state index in [4.69, 9.17) is 0 Å². The summed E-state index contributed by atoms with van der Waals surface area (Å²) in [6, 6.07) is 5.53. The molecule has 0 nitrogen and oxygen atoms in total. The molecule has 11 heavy (non-hydrogen) atoms. The molecule has 1 rings (SSSR count). The van der Waals surface area contributed by atoms with Crippen LogP contribution in [0.15, 0.2) is 18.2 Å². The number of halogens is 1. The van der Waals surface area contributed by atoms with E-state index >= 15 is 0 Å². The molecular weight excluding hydrogens is 139 g/mol. The molecule has 0 aromatic heterocycles. The lowest BCUT2D eigenvalue weighted by Gasteiger charge is -2.07. The Kier molecular flexibility index (Phi) is 2.28. The summed E-state index contributed by atoms with van der Waals surface area (Å²) in [4.78, 5) is 0. The normalized spacial score (nSPS) is 10.6. The Balaban J connectivity index is 3.17. The highest BCUT2D eigenvalue weighted by molar-refractivity contribution is 5.26. The van der Waals surface area contributed by atoms with Gasteiger partial charge in [0, 0.05) is 0 Å². The third-order valence-electron chi connectivity index (χ3n) is 1.84. The average Bonchev–Trinajstić information content (AvgIpc) is 1.94. The Morgan fingerprint density at radius 2 is 1.91 bits per heavy atom. The molecule has 0 bridgehead atoms. The van der Waals surface area contributed by atoms with Gasteiger partial charge in [-0.3, -0.25) is 0 Å². The summed E-state index contributed by atoms with van der Waals surface area (Å²) >= 11 is 0. The summed E-state index contributed by atoms with van der Waals surface area (Å²) in [6.07, 6.45) is 0. The van der Waals surface area contributed by atoms with Crippen LogP contribution in [0.3, 0.4) is 0 Å². The third-order valence-corrected chi connectivity index (χ3v) is 1.84. The van der Waals surface area contributed by atoms with E-state index in [-0.39, 0.29) is 11.7 Å². The predicted octanol–water partition coefficient (Wildman–Crippen LogP) is 3.26. The van der Waals surface area contributed by atoms with Crippen molar-refractivity contribution >= 4 is 0 Å². The Morgan fingerprint density at radius 3 is 2.36 bits per heavy atom. The van der Waals surface area contributed by atoms with Gasteiger partial charge in [-0.05, 0) is 24.0 Å². The summed E-state index contributed by atoms with van der Waals surface area (Å²) in [7, 11) is 0. The molecule has 1 heteroatoms. The number of rotatable bonds is 1. The molecule has 0 aliphatic rings. The Labute approximate surface area is 67.1 Å². The van der Waals surface area contributed by atoms with E-state index < -0.39 is 0 Å². The lowest BCUT2D eigenvalue weighted by atomic mass is 10.0. The molecule has 1 aromatic carbocycles. The zero-order chi connectivity index (χ0) is 8.43. The molecular formula is C10H13F. The molecule has 0 saturated carbocycles. The van der Waals surface area contributed by atoms with Crippen LogP contribution < -0.4 is 0 Å². The largest absolute Gasteiger partial charge is 0.206 e. The summed E-state index contributed by atoms with van der Waals surface area (Å²) in [5.74, 6) is 0.220. The molecule has 0 atom stereocenters. The molecule has 0 saturated heterocycles. The topological polar surface area (TPSA) is 0 Å². The standard InChI is InChI=1S/C10H13F/c1-7(2)9-6-4-5-8(3)10(9)11/h4-7H,1-3H3. The molecule has 0 radical (unpaired) electrons. The second-order valence-electron chi connectivity index (χ2n) is 3.13. The number of aryl methyl sites for hydroxylation is 1. The van der Waals surface area contributed by atoms with Crippen LogP contribution >= 0.6 is 0 Å². The van der Waals surface area contributed by atoms with Crippen molar-refractivity contribution in [1.29, 1.82) is 0 Å². The van der Waals surface area contributed by atoms with Gasteiger partial charge in [-0.25, -0.2) is 4.39 Å². The van der Waals surface area contributed by atoms with E-state index in [9.17, 15) is 4.39 Å². The highest BCUT2D eigenvalue weighted by atomic mass is 19.1. The van der Waals surface area contributed by atoms with Crippen molar-refractivity contribution in [1.82, 2.24) is 0 Å². The van der Waals surface area contributed by atoms with Crippen molar-refractivity contribution in [2.75, 3.05) is 0 Å². The Hall–Kier alpha value is -0.850. The molecule has 0 fully saturated rings. The van der Waals surface area contributed by atoms with Gasteiger partial charge >= 0.3 is 0 Å². The van der Waals surface area contributed by atoms with E-state index in [1.165, 1.54) is 0 Å². The van der Waals surface area contributed by atoms with Gasteiger partial charge in [0.05, 0.1) is 0 Å². The fourth-order valence-corrected chi connectivity index (χ4v) is 1.12. The summed E-state index contributed by atoms with van der Waals surface area (Å²) in [5.41, 5.74) is 1.54. The first kappa shape index (κ1) is 8.25. The maximum Gasteiger partial charge on any atom is 0.129 e. The fraction of sp³-hybridized carbons (Fsp3) is 0.400. The van der Waals surface area contributed by atoms with E-state index in [2.05, 4.69) is 0 Å². The van der Waals surface area contributed by atoms with Gasteiger partial charge in [-0.15, -0.1) is 0 Å². The minimum atomic E-state index is -0.0532. The summed E-state index contributed by atoms with van der Waals surface area (Å²) < 4.78 is 13.3. The van der Waals surface area contributed by atoms with Crippen LogP contribution in [0.25, 0.3) is 0 Å². The minimum absolute atomic E-state index is 0.0532. The molecule has 1 aromatic rings. The monoisotopic (exact) mass is 152 g/mol. The van der Waals surface area contributed by atoms with Crippen molar-refractivity contribution in [3.05, 3.63) is 35.1 Å². The van der Waals surface area contributed by atoms with E-state index in [0.717, 1.165) is 11.1 Å². The van der Waals surface area contributed by atoms with Crippen LogP contribution in [0.1, 0.15) is 30.9 Å². The van der Waals surface area contributed by atoms with Crippen molar-refractivity contribution < 1.29 is 4.39 Å². The van der Waals surface area contributed by atoms with E-state index in [1.54, 1.807) is 13.0 Å². The maximum absolute atomic E-state index is 13.3. The van der Waals surface area contributed by atoms with Crippen molar-refractivity contribution in [3.63, 3.8) is 0 Å². The second-order valence-corrected chi connectivity index (χ2v) is 3.13. The summed E-state index contributed by atoms with van der Waals surface area (Å²) in [5, 5.41) is 0. The Morgan fingerprint density at radius 1 is 1.27 bits per heavy atom.